The zero-order chi connectivity index (χ0) is 22.3. The van der Waals surface area contributed by atoms with Crippen molar-refractivity contribution in [1.29, 1.82) is 0 Å². The molecule has 4 nitrogen and oxygen atoms in total. The first-order chi connectivity index (χ1) is 14.6. The molecule has 0 saturated heterocycles. The zero-order valence-electron chi connectivity index (χ0n) is 17.0. The quantitative estimate of drug-likeness (QED) is 0.473. The van der Waals surface area contributed by atoms with E-state index in [9.17, 15) is 22.4 Å². The molecule has 1 fully saturated rings. The molecule has 1 aliphatic rings. The van der Waals surface area contributed by atoms with E-state index in [0.29, 0.717) is 17.1 Å². The number of ether oxygens (including phenoxy) is 1. The summed E-state index contributed by atoms with van der Waals surface area (Å²) in [7, 11) is 0. The van der Waals surface area contributed by atoms with Crippen LogP contribution in [-0.2, 0) is 12.7 Å². The van der Waals surface area contributed by atoms with Gasteiger partial charge in [0.05, 0.1) is 5.56 Å². The molecule has 0 spiro atoms. The Morgan fingerprint density at radius 1 is 1.10 bits per heavy atom. The van der Waals surface area contributed by atoms with Crippen molar-refractivity contribution in [3.63, 3.8) is 0 Å². The Balaban J connectivity index is 1.71. The first kappa shape index (κ1) is 21.1. The van der Waals surface area contributed by atoms with E-state index < -0.39 is 23.1 Å². The van der Waals surface area contributed by atoms with Gasteiger partial charge in [-0.05, 0) is 50.3 Å². The molecule has 0 amide bonds. The van der Waals surface area contributed by atoms with Gasteiger partial charge in [0.15, 0.2) is 11.6 Å². The predicted molar refractivity (Wildman–Crippen MR) is 108 cm³/mol. The number of halogens is 4. The highest BCUT2D eigenvalue weighted by molar-refractivity contribution is 5.68. The van der Waals surface area contributed by atoms with Gasteiger partial charge in [-0.25, -0.2) is 4.39 Å². The van der Waals surface area contributed by atoms with E-state index in [4.69, 9.17) is 4.74 Å². The Morgan fingerprint density at radius 3 is 2.35 bits per heavy atom. The number of aromatic nitrogens is 2. The van der Waals surface area contributed by atoms with Crippen LogP contribution < -0.4 is 10.3 Å². The van der Waals surface area contributed by atoms with Crippen molar-refractivity contribution in [3.8, 4) is 22.6 Å². The summed E-state index contributed by atoms with van der Waals surface area (Å²) in [6.07, 6.45) is -2.05. The van der Waals surface area contributed by atoms with Crippen LogP contribution in [0, 0.1) is 25.6 Å². The summed E-state index contributed by atoms with van der Waals surface area (Å²) >= 11 is 0. The molecule has 0 atom stereocenters. The molecule has 8 heteroatoms. The van der Waals surface area contributed by atoms with Crippen LogP contribution in [0.15, 0.2) is 47.4 Å². The van der Waals surface area contributed by atoms with Crippen molar-refractivity contribution in [3.05, 3.63) is 75.7 Å². The third kappa shape index (κ3) is 4.78. The minimum Gasteiger partial charge on any atom is -0.454 e. The van der Waals surface area contributed by atoms with Crippen LogP contribution in [0.2, 0.25) is 0 Å². The van der Waals surface area contributed by atoms with Gasteiger partial charge in [0.25, 0.3) is 5.56 Å². The van der Waals surface area contributed by atoms with E-state index in [0.717, 1.165) is 35.7 Å². The van der Waals surface area contributed by atoms with Gasteiger partial charge in [-0.1, -0.05) is 6.07 Å². The molecule has 0 bridgehead atoms. The minimum atomic E-state index is -4.69. The van der Waals surface area contributed by atoms with Crippen LogP contribution in [0.1, 0.15) is 29.8 Å². The van der Waals surface area contributed by atoms with E-state index in [-0.39, 0.29) is 29.3 Å². The number of alkyl halides is 3. The molecule has 0 N–H and O–H groups in total. The molecule has 31 heavy (non-hydrogen) atoms. The smallest absolute Gasteiger partial charge is 0.418 e. The third-order valence-electron chi connectivity index (χ3n) is 5.11. The molecule has 0 aliphatic heterocycles. The number of nitrogens with zero attached hydrogens (tertiary/aromatic N) is 2. The summed E-state index contributed by atoms with van der Waals surface area (Å²) in [5.41, 5.74) is -0.540. The average molecular weight is 432 g/mol. The van der Waals surface area contributed by atoms with Crippen molar-refractivity contribution < 1.29 is 22.3 Å². The second-order valence-corrected chi connectivity index (χ2v) is 7.87. The van der Waals surface area contributed by atoms with Crippen molar-refractivity contribution in [2.45, 2.75) is 39.4 Å². The number of hydrogen-bond donors (Lipinski definition) is 0. The van der Waals surface area contributed by atoms with Gasteiger partial charge in [0.2, 0.25) is 0 Å². The van der Waals surface area contributed by atoms with Crippen LogP contribution in [0.4, 0.5) is 17.6 Å². The molecule has 3 aromatic rings. The van der Waals surface area contributed by atoms with Gasteiger partial charge < -0.3 is 9.30 Å². The fraction of sp³-hybridized carbons (Fsp3) is 0.304. The largest absolute Gasteiger partial charge is 0.454 e. The van der Waals surface area contributed by atoms with Crippen molar-refractivity contribution >= 4 is 0 Å². The Kier molecular flexibility index (Phi) is 5.33. The van der Waals surface area contributed by atoms with Gasteiger partial charge >= 0.3 is 6.18 Å². The van der Waals surface area contributed by atoms with E-state index in [1.807, 2.05) is 0 Å². The average Bonchev–Trinajstić information content (AvgIpc) is 3.47. The van der Waals surface area contributed by atoms with Crippen molar-refractivity contribution in [2.75, 3.05) is 0 Å². The number of benzene rings is 1. The highest BCUT2D eigenvalue weighted by atomic mass is 19.4. The van der Waals surface area contributed by atoms with Crippen LogP contribution in [0.25, 0.3) is 11.1 Å². The Bertz CT molecular complexity index is 1180. The molecule has 2 heterocycles. The maximum Gasteiger partial charge on any atom is 0.418 e. The van der Waals surface area contributed by atoms with Crippen LogP contribution in [0.5, 0.6) is 11.5 Å². The van der Waals surface area contributed by atoms with E-state index in [2.05, 4.69) is 4.98 Å². The standard InChI is InChI=1S/C23H20F4N2O2/c1-13-7-17(8-14(2)28-13)31-21-6-5-16(9-20(21)24)18-10-22(30)29(11-15-3-4-15)12-19(18)23(25,26)27/h5-10,12,15H,3-4,11H2,1-2H3. The lowest BCUT2D eigenvalue weighted by Gasteiger charge is -2.16. The van der Waals surface area contributed by atoms with Crippen molar-refractivity contribution in [2.24, 2.45) is 5.92 Å². The van der Waals surface area contributed by atoms with Crippen molar-refractivity contribution in [1.82, 2.24) is 9.55 Å². The molecular formula is C23H20F4N2O2. The lowest BCUT2D eigenvalue weighted by molar-refractivity contribution is -0.137. The fourth-order valence-corrected chi connectivity index (χ4v) is 3.49. The molecule has 1 aliphatic carbocycles. The fourth-order valence-electron chi connectivity index (χ4n) is 3.49. The summed E-state index contributed by atoms with van der Waals surface area (Å²) in [6.45, 7) is 3.79. The predicted octanol–water partition coefficient (Wildman–Crippen LogP) is 5.89. The molecule has 0 radical (unpaired) electrons. The van der Waals surface area contributed by atoms with Gasteiger partial charge in [-0.2, -0.15) is 13.2 Å². The maximum absolute atomic E-state index is 14.7. The first-order valence-electron chi connectivity index (χ1n) is 9.85. The Morgan fingerprint density at radius 2 is 1.77 bits per heavy atom. The highest BCUT2D eigenvalue weighted by Gasteiger charge is 2.35. The van der Waals surface area contributed by atoms with Gasteiger partial charge in [0, 0.05) is 47.9 Å². The SMILES string of the molecule is Cc1cc(Oc2ccc(-c3cc(=O)n(CC4CC4)cc3C(F)(F)F)cc2F)cc(C)n1. The Hall–Kier alpha value is -3.16. The second-order valence-electron chi connectivity index (χ2n) is 7.87. The maximum atomic E-state index is 14.7. The minimum absolute atomic E-state index is 0.0464. The van der Waals surface area contributed by atoms with Gasteiger partial charge in [-0.3, -0.25) is 9.78 Å². The van der Waals surface area contributed by atoms with Gasteiger partial charge in [-0.15, -0.1) is 0 Å². The normalized spacial score (nSPS) is 14.0. The van der Waals surface area contributed by atoms with Gasteiger partial charge in [0.1, 0.15) is 5.75 Å². The summed E-state index contributed by atoms with van der Waals surface area (Å²) < 4.78 is 62.5. The lowest BCUT2D eigenvalue weighted by atomic mass is 10.0. The number of rotatable bonds is 5. The van der Waals surface area contributed by atoms with Crippen LogP contribution in [-0.4, -0.2) is 9.55 Å². The Labute approximate surface area is 176 Å². The lowest BCUT2D eigenvalue weighted by Crippen LogP contribution is -2.23. The topological polar surface area (TPSA) is 44.1 Å². The zero-order valence-corrected chi connectivity index (χ0v) is 17.0. The molecule has 1 saturated carbocycles. The summed E-state index contributed by atoms with van der Waals surface area (Å²) in [4.78, 5) is 16.6. The molecule has 2 aromatic heterocycles. The van der Waals surface area contributed by atoms with Crippen LogP contribution in [0.3, 0.4) is 0 Å². The van der Waals surface area contributed by atoms with Crippen LogP contribution >= 0.6 is 0 Å². The summed E-state index contributed by atoms with van der Waals surface area (Å²) in [6, 6.07) is 7.70. The molecule has 162 valence electrons. The molecule has 1 aromatic carbocycles. The highest BCUT2D eigenvalue weighted by Crippen LogP contribution is 2.38. The number of pyridine rings is 2. The molecule has 0 unspecified atom stereocenters. The first-order valence-corrected chi connectivity index (χ1v) is 9.85. The third-order valence-corrected chi connectivity index (χ3v) is 5.11. The number of hydrogen-bond acceptors (Lipinski definition) is 3. The second kappa shape index (κ2) is 7.83. The molecular weight excluding hydrogens is 412 g/mol. The number of aryl methyl sites for hydroxylation is 2. The monoisotopic (exact) mass is 432 g/mol. The molecule has 4 rings (SSSR count). The summed E-state index contributed by atoms with van der Waals surface area (Å²) in [5.74, 6) is -0.362. The van der Waals surface area contributed by atoms with E-state index in [1.54, 1.807) is 26.0 Å². The summed E-state index contributed by atoms with van der Waals surface area (Å²) in [5, 5.41) is 0. The van der Waals surface area contributed by atoms with E-state index in [1.165, 1.54) is 12.1 Å². The van der Waals surface area contributed by atoms with E-state index >= 15 is 0 Å².